The van der Waals surface area contributed by atoms with Crippen LogP contribution in [-0.2, 0) is 0 Å². The lowest BCUT2D eigenvalue weighted by atomic mass is 9.82. The lowest BCUT2D eigenvalue weighted by Crippen LogP contribution is -2.08. The molecule has 2 rings (SSSR count). The molecule has 0 bridgehead atoms. The summed E-state index contributed by atoms with van der Waals surface area (Å²) in [5, 5.41) is 0. The normalized spacial score (nSPS) is 30.5. The van der Waals surface area contributed by atoms with E-state index in [2.05, 4.69) is 18.2 Å². The molecule has 0 amide bonds. The second-order valence-electron chi connectivity index (χ2n) is 3.69. The van der Waals surface area contributed by atoms with Crippen LogP contribution >= 0.6 is 0 Å². The van der Waals surface area contributed by atoms with Crippen molar-refractivity contribution in [3.63, 3.8) is 0 Å². The Balaban J connectivity index is 2.11. The molecule has 0 heterocycles. The minimum atomic E-state index is 0.943. The van der Waals surface area contributed by atoms with Crippen molar-refractivity contribution in [3.8, 4) is 0 Å². The van der Waals surface area contributed by atoms with Crippen molar-refractivity contribution >= 4 is 0 Å². The van der Waals surface area contributed by atoms with Gasteiger partial charge in [-0.3, -0.25) is 0 Å². The summed E-state index contributed by atoms with van der Waals surface area (Å²) < 4.78 is 0. The minimum Gasteiger partial charge on any atom is -0.0845 e. The molecular formula is C11H16. The maximum atomic E-state index is 2.36. The van der Waals surface area contributed by atoms with E-state index in [9.17, 15) is 0 Å². The first-order valence-corrected chi connectivity index (χ1v) is 4.82. The second-order valence-corrected chi connectivity index (χ2v) is 3.69. The smallest absolute Gasteiger partial charge is 0.0197 e. The van der Waals surface area contributed by atoms with E-state index in [0.717, 1.165) is 5.92 Å². The summed E-state index contributed by atoms with van der Waals surface area (Å²) >= 11 is 0. The molecule has 0 aromatic rings. The van der Waals surface area contributed by atoms with Crippen molar-refractivity contribution in [1.82, 2.24) is 0 Å². The Morgan fingerprint density at radius 1 is 1.18 bits per heavy atom. The molecule has 0 radical (unpaired) electrons. The highest BCUT2D eigenvalue weighted by atomic mass is 14.2. The summed E-state index contributed by atoms with van der Waals surface area (Å²) in [5.41, 5.74) is 1.73. The first-order valence-electron chi connectivity index (χ1n) is 4.82. The Morgan fingerprint density at radius 3 is 3.18 bits per heavy atom. The summed E-state index contributed by atoms with van der Waals surface area (Å²) in [7, 11) is 0. The summed E-state index contributed by atoms with van der Waals surface area (Å²) in [6.45, 7) is 0. The zero-order valence-corrected chi connectivity index (χ0v) is 7.05. The molecule has 1 unspecified atom stereocenters. The highest BCUT2D eigenvalue weighted by Gasteiger charge is 2.18. The van der Waals surface area contributed by atoms with Gasteiger partial charge < -0.3 is 0 Å². The highest BCUT2D eigenvalue weighted by Crippen LogP contribution is 2.33. The Morgan fingerprint density at radius 2 is 2.18 bits per heavy atom. The van der Waals surface area contributed by atoms with E-state index in [1.54, 1.807) is 5.57 Å². The van der Waals surface area contributed by atoms with Crippen LogP contribution in [0.3, 0.4) is 0 Å². The average molecular weight is 148 g/mol. The van der Waals surface area contributed by atoms with Crippen molar-refractivity contribution in [2.45, 2.75) is 38.5 Å². The van der Waals surface area contributed by atoms with Crippen LogP contribution in [0.1, 0.15) is 38.5 Å². The first kappa shape index (κ1) is 7.15. The third kappa shape index (κ3) is 1.55. The highest BCUT2D eigenvalue weighted by molar-refractivity contribution is 5.19. The largest absolute Gasteiger partial charge is 0.0845 e. The van der Waals surface area contributed by atoms with Crippen LogP contribution < -0.4 is 0 Å². The molecule has 2 aliphatic carbocycles. The zero-order chi connectivity index (χ0) is 7.52. The fourth-order valence-corrected chi connectivity index (χ4v) is 2.24. The van der Waals surface area contributed by atoms with Gasteiger partial charge >= 0.3 is 0 Å². The summed E-state index contributed by atoms with van der Waals surface area (Å²) in [4.78, 5) is 0. The summed E-state index contributed by atoms with van der Waals surface area (Å²) in [5.74, 6) is 0.943. The van der Waals surface area contributed by atoms with Crippen molar-refractivity contribution in [2.24, 2.45) is 5.92 Å². The van der Waals surface area contributed by atoms with Gasteiger partial charge in [0.1, 0.15) is 0 Å². The van der Waals surface area contributed by atoms with Crippen molar-refractivity contribution < 1.29 is 0 Å². The SMILES string of the molecule is C1=CCCC2CCCCC2=C1. The van der Waals surface area contributed by atoms with Crippen LogP contribution in [0.15, 0.2) is 23.8 Å². The quantitative estimate of drug-likeness (QED) is 0.493. The molecule has 0 N–H and O–H groups in total. The lowest BCUT2D eigenvalue weighted by Gasteiger charge is -2.23. The Bertz CT molecular complexity index is 186. The molecule has 1 atom stereocenters. The van der Waals surface area contributed by atoms with Crippen LogP contribution in [0, 0.1) is 5.92 Å². The predicted octanol–water partition coefficient (Wildman–Crippen LogP) is 3.45. The van der Waals surface area contributed by atoms with E-state index in [4.69, 9.17) is 0 Å². The standard InChI is InChI=1S/C11H16/c1-2-6-10-8-4-5-9-11(10)7-3-1/h1-2,6,11H,3-5,7-9H2. The fraction of sp³-hybridized carbons (Fsp3) is 0.636. The van der Waals surface area contributed by atoms with E-state index in [-0.39, 0.29) is 0 Å². The molecule has 2 aliphatic rings. The fourth-order valence-electron chi connectivity index (χ4n) is 2.24. The van der Waals surface area contributed by atoms with Gasteiger partial charge in [0.25, 0.3) is 0 Å². The average Bonchev–Trinajstić information content (AvgIpc) is 2.28. The molecule has 0 nitrogen and oxygen atoms in total. The third-order valence-electron chi connectivity index (χ3n) is 2.92. The van der Waals surface area contributed by atoms with E-state index >= 15 is 0 Å². The first-order chi connectivity index (χ1) is 5.47. The molecule has 1 fully saturated rings. The maximum absolute atomic E-state index is 2.36. The van der Waals surface area contributed by atoms with Crippen molar-refractivity contribution in [2.75, 3.05) is 0 Å². The topological polar surface area (TPSA) is 0 Å². The Labute approximate surface area is 69.0 Å². The van der Waals surface area contributed by atoms with Gasteiger partial charge in [-0.2, -0.15) is 0 Å². The molecule has 60 valence electrons. The van der Waals surface area contributed by atoms with Crippen LogP contribution in [0.25, 0.3) is 0 Å². The van der Waals surface area contributed by atoms with Gasteiger partial charge in [-0.1, -0.05) is 30.2 Å². The van der Waals surface area contributed by atoms with E-state index < -0.39 is 0 Å². The molecule has 11 heavy (non-hydrogen) atoms. The van der Waals surface area contributed by atoms with Crippen LogP contribution in [0.5, 0.6) is 0 Å². The molecule has 0 spiro atoms. The van der Waals surface area contributed by atoms with Gasteiger partial charge in [0, 0.05) is 0 Å². The maximum Gasteiger partial charge on any atom is -0.0197 e. The number of rotatable bonds is 0. The van der Waals surface area contributed by atoms with Crippen LogP contribution in [0.4, 0.5) is 0 Å². The number of allylic oxidation sites excluding steroid dienone is 4. The molecule has 0 aromatic carbocycles. The van der Waals surface area contributed by atoms with E-state index in [0.29, 0.717) is 0 Å². The predicted molar refractivity (Wildman–Crippen MR) is 48.4 cm³/mol. The minimum absolute atomic E-state index is 0.943. The van der Waals surface area contributed by atoms with Crippen molar-refractivity contribution in [3.05, 3.63) is 23.8 Å². The number of hydrogen-bond donors (Lipinski definition) is 0. The van der Waals surface area contributed by atoms with Crippen LogP contribution in [-0.4, -0.2) is 0 Å². The van der Waals surface area contributed by atoms with Gasteiger partial charge in [0.2, 0.25) is 0 Å². The summed E-state index contributed by atoms with van der Waals surface area (Å²) in [6, 6.07) is 0. The third-order valence-corrected chi connectivity index (χ3v) is 2.92. The lowest BCUT2D eigenvalue weighted by molar-refractivity contribution is 0.433. The van der Waals surface area contributed by atoms with Gasteiger partial charge in [-0.05, 0) is 38.0 Å². The van der Waals surface area contributed by atoms with Crippen LogP contribution in [0.2, 0.25) is 0 Å². The Kier molecular flexibility index (Phi) is 2.11. The molecule has 0 heteroatoms. The summed E-state index contributed by atoms with van der Waals surface area (Å²) in [6.07, 6.45) is 15.3. The molecule has 0 aromatic heterocycles. The van der Waals surface area contributed by atoms with Crippen molar-refractivity contribution in [1.29, 1.82) is 0 Å². The van der Waals surface area contributed by atoms with E-state index in [1.165, 1.54) is 38.5 Å². The molecule has 0 saturated heterocycles. The zero-order valence-electron chi connectivity index (χ0n) is 7.05. The van der Waals surface area contributed by atoms with E-state index in [1.807, 2.05) is 0 Å². The Hall–Kier alpha value is -0.520. The van der Waals surface area contributed by atoms with Gasteiger partial charge in [-0.25, -0.2) is 0 Å². The van der Waals surface area contributed by atoms with Gasteiger partial charge in [0.15, 0.2) is 0 Å². The second kappa shape index (κ2) is 3.25. The van der Waals surface area contributed by atoms with Gasteiger partial charge in [0.05, 0.1) is 0 Å². The number of fused-ring (bicyclic) bond motifs is 1. The molecule has 0 aliphatic heterocycles. The molecular weight excluding hydrogens is 132 g/mol. The number of hydrogen-bond acceptors (Lipinski definition) is 0. The monoisotopic (exact) mass is 148 g/mol. The molecule has 1 saturated carbocycles. The van der Waals surface area contributed by atoms with Gasteiger partial charge in [-0.15, -0.1) is 0 Å².